The third kappa shape index (κ3) is 2.75. The Balaban J connectivity index is 2.38. The van der Waals surface area contributed by atoms with Crippen molar-refractivity contribution in [1.82, 2.24) is 0 Å². The maximum atomic E-state index is 11.1. The van der Waals surface area contributed by atoms with Gasteiger partial charge in [-0.3, -0.25) is 4.79 Å². The fourth-order valence-electron chi connectivity index (χ4n) is 2.32. The number of carboxylic acid groups (broad SMARTS) is 1. The van der Waals surface area contributed by atoms with Crippen LogP contribution in [0, 0.1) is 5.92 Å². The van der Waals surface area contributed by atoms with Gasteiger partial charge in [-0.2, -0.15) is 0 Å². The second kappa shape index (κ2) is 5.92. The molecule has 106 valence electrons. The van der Waals surface area contributed by atoms with Gasteiger partial charge in [0.25, 0.3) is 0 Å². The van der Waals surface area contributed by atoms with Crippen LogP contribution in [-0.2, 0) is 4.79 Å². The molecule has 0 radical (unpaired) electrons. The zero-order valence-electron chi connectivity index (χ0n) is 11.5. The molecule has 0 bridgehead atoms. The molecular formula is C16H18O4. The van der Waals surface area contributed by atoms with E-state index in [9.17, 15) is 9.90 Å². The van der Waals surface area contributed by atoms with Crippen LogP contribution in [0.15, 0.2) is 36.4 Å². The summed E-state index contributed by atoms with van der Waals surface area (Å²) in [6, 6.07) is 11.1. The van der Waals surface area contributed by atoms with Crippen molar-refractivity contribution in [2.24, 2.45) is 5.92 Å². The summed E-state index contributed by atoms with van der Waals surface area (Å²) in [5, 5.41) is 21.3. The average molecular weight is 274 g/mol. The van der Waals surface area contributed by atoms with E-state index < -0.39 is 18.0 Å². The first-order valence-electron chi connectivity index (χ1n) is 6.55. The van der Waals surface area contributed by atoms with Crippen LogP contribution in [0.4, 0.5) is 0 Å². The first-order valence-corrected chi connectivity index (χ1v) is 6.55. The number of ether oxygens (including phenoxy) is 1. The summed E-state index contributed by atoms with van der Waals surface area (Å²) in [5.41, 5.74) is 0.622. The third-order valence-corrected chi connectivity index (χ3v) is 3.55. The molecule has 0 aliphatic heterocycles. The van der Waals surface area contributed by atoms with E-state index in [-0.39, 0.29) is 0 Å². The van der Waals surface area contributed by atoms with Crippen molar-refractivity contribution in [3.63, 3.8) is 0 Å². The summed E-state index contributed by atoms with van der Waals surface area (Å²) < 4.78 is 5.16. The van der Waals surface area contributed by atoms with E-state index in [1.165, 1.54) is 0 Å². The van der Waals surface area contributed by atoms with Crippen LogP contribution >= 0.6 is 0 Å². The fourth-order valence-corrected chi connectivity index (χ4v) is 2.32. The Hall–Kier alpha value is -2.07. The van der Waals surface area contributed by atoms with Crippen LogP contribution in [0.3, 0.4) is 0 Å². The fraction of sp³-hybridized carbons (Fsp3) is 0.312. The van der Waals surface area contributed by atoms with Gasteiger partial charge in [-0.1, -0.05) is 25.1 Å². The summed E-state index contributed by atoms with van der Waals surface area (Å²) in [5.74, 6) is -0.997. The first kappa shape index (κ1) is 14.3. The zero-order valence-corrected chi connectivity index (χ0v) is 11.5. The minimum absolute atomic E-state index is 0.386. The van der Waals surface area contributed by atoms with E-state index in [4.69, 9.17) is 9.84 Å². The topological polar surface area (TPSA) is 66.8 Å². The van der Waals surface area contributed by atoms with Gasteiger partial charge < -0.3 is 14.9 Å². The van der Waals surface area contributed by atoms with E-state index in [2.05, 4.69) is 0 Å². The van der Waals surface area contributed by atoms with E-state index in [1.54, 1.807) is 20.1 Å². The SMILES string of the molecule is CCC(C(=O)O)C(O)c1ccc2cc(OC)ccc2c1. The number of aliphatic carboxylic acids is 1. The number of carbonyl (C=O) groups is 1. The maximum Gasteiger partial charge on any atom is 0.309 e. The van der Waals surface area contributed by atoms with Crippen LogP contribution < -0.4 is 4.74 Å². The summed E-state index contributed by atoms with van der Waals surface area (Å²) >= 11 is 0. The minimum Gasteiger partial charge on any atom is -0.497 e. The summed E-state index contributed by atoms with van der Waals surface area (Å²) in [6.07, 6.45) is -0.610. The van der Waals surface area contributed by atoms with Crippen LogP contribution in [-0.4, -0.2) is 23.3 Å². The molecule has 2 aromatic carbocycles. The lowest BCUT2D eigenvalue weighted by atomic mass is 9.92. The van der Waals surface area contributed by atoms with Gasteiger partial charge in [-0.25, -0.2) is 0 Å². The molecule has 2 rings (SSSR count). The number of benzene rings is 2. The van der Waals surface area contributed by atoms with Gasteiger partial charge in [0.15, 0.2) is 0 Å². The Bertz CT molecular complexity index is 621. The number of fused-ring (bicyclic) bond motifs is 1. The number of carboxylic acids is 1. The van der Waals surface area contributed by atoms with E-state index in [0.717, 1.165) is 16.5 Å². The standard InChI is InChI=1S/C16H18O4/c1-3-14(16(18)19)15(17)12-5-4-11-9-13(20-2)7-6-10(11)8-12/h4-9,14-15,17H,3H2,1-2H3,(H,18,19). The highest BCUT2D eigenvalue weighted by molar-refractivity contribution is 5.84. The predicted octanol–water partition coefficient (Wildman–Crippen LogP) is 2.99. The Morgan fingerprint density at radius 1 is 1.20 bits per heavy atom. The molecule has 0 heterocycles. The molecule has 4 heteroatoms. The molecule has 0 amide bonds. The lowest BCUT2D eigenvalue weighted by molar-refractivity contribution is -0.146. The smallest absolute Gasteiger partial charge is 0.309 e. The number of hydrogen-bond acceptors (Lipinski definition) is 3. The maximum absolute atomic E-state index is 11.1. The quantitative estimate of drug-likeness (QED) is 0.879. The monoisotopic (exact) mass is 274 g/mol. The Morgan fingerprint density at radius 2 is 1.85 bits per heavy atom. The van der Waals surface area contributed by atoms with Crippen molar-refractivity contribution in [3.8, 4) is 5.75 Å². The van der Waals surface area contributed by atoms with Crippen molar-refractivity contribution in [1.29, 1.82) is 0 Å². The number of rotatable bonds is 5. The molecule has 0 aliphatic rings. The highest BCUT2D eigenvalue weighted by Crippen LogP contribution is 2.29. The Kier molecular flexibility index (Phi) is 4.25. The van der Waals surface area contributed by atoms with Crippen LogP contribution in [0.1, 0.15) is 25.0 Å². The second-order valence-corrected chi connectivity index (χ2v) is 4.77. The van der Waals surface area contributed by atoms with Crippen molar-refractivity contribution in [3.05, 3.63) is 42.0 Å². The highest BCUT2D eigenvalue weighted by atomic mass is 16.5. The molecule has 0 spiro atoms. The predicted molar refractivity (Wildman–Crippen MR) is 76.9 cm³/mol. The second-order valence-electron chi connectivity index (χ2n) is 4.77. The largest absolute Gasteiger partial charge is 0.497 e. The zero-order chi connectivity index (χ0) is 14.7. The van der Waals surface area contributed by atoms with Gasteiger partial charge >= 0.3 is 5.97 Å². The number of methoxy groups -OCH3 is 1. The first-order chi connectivity index (χ1) is 9.56. The van der Waals surface area contributed by atoms with Crippen LogP contribution in [0.25, 0.3) is 10.8 Å². The van der Waals surface area contributed by atoms with Crippen molar-refractivity contribution < 1.29 is 19.7 Å². The van der Waals surface area contributed by atoms with Crippen molar-refractivity contribution in [2.75, 3.05) is 7.11 Å². The number of hydrogen-bond donors (Lipinski definition) is 2. The summed E-state index contributed by atoms with van der Waals surface area (Å²) in [6.45, 7) is 1.76. The van der Waals surface area contributed by atoms with E-state index in [0.29, 0.717) is 12.0 Å². The summed E-state index contributed by atoms with van der Waals surface area (Å²) in [4.78, 5) is 11.1. The van der Waals surface area contributed by atoms with Crippen LogP contribution in [0.5, 0.6) is 5.75 Å². The van der Waals surface area contributed by atoms with Crippen LogP contribution in [0.2, 0.25) is 0 Å². The van der Waals surface area contributed by atoms with Gasteiger partial charge in [0.1, 0.15) is 5.75 Å². The van der Waals surface area contributed by atoms with Crippen molar-refractivity contribution >= 4 is 16.7 Å². The lowest BCUT2D eigenvalue weighted by Crippen LogP contribution is -2.21. The van der Waals surface area contributed by atoms with E-state index in [1.807, 2.05) is 30.3 Å². The summed E-state index contributed by atoms with van der Waals surface area (Å²) in [7, 11) is 1.61. The molecule has 2 atom stereocenters. The molecule has 2 aromatic rings. The van der Waals surface area contributed by atoms with Gasteiger partial charge in [0.05, 0.1) is 19.1 Å². The molecule has 20 heavy (non-hydrogen) atoms. The Labute approximate surface area is 117 Å². The Morgan fingerprint density at radius 3 is 2.45 bits per heavy atom. The molecular weight excluding hydrogens is 256 g/mol. The highest BCUT2D eigenvalue weighted by Gasteiger charge is 2.25. The van der Waals surface area contributed by atoms with Gasteiger partial charge in [0.2, 0.25) is 0 Å². The number of aliphatic hydroxyl groups excluding tert-OH is 1. The van der Waals surface area contributed by atoms with Gasteiger partial charge in [-0.15, -0.1) is 0 Å². The molecule has 2 N–H and O–H groups in total. The molecule has 0 saturated carbocycles. The lowest BCUT2D eigenvalue weighted by Gasteiger charge is -2.18. The molecule has 0 aromatic heterocycles. The van der Waals surface area contributed by atoms with Gasteiger partial charge in [-0.05, 0) is 41.0 Å². The molecule has 0 saturated heterocycles. The van der Waals surface area contributed by atoms with Gasteiger partial charge in [0, 0.05) is 0 Å². The minimum atomic E-state index is -0.996. The average Bonchev–Trinajstić information content (AvgIpc) is 2.46. The van der Waals surface area contributed by atoms with E-state index >= 15 is 0 Å². The molecule has 2 unspecified atom stereocenters. The number of aliphatic hydroxyl groups is 1. The third-order valence-electron chi connectivity index (χ3n) is 3.55. The molecule has 0 aliphatic carbocycles. The molecule has 0 fully saturated rings. The molecule has 4 nitrogen and oxygen atoms in total. The van der Waals surface area contributed by atoms with Crippen molar-refractivity contribution in [2.45, 2.75) is 19.4 Å². The normalized spacial score (nSPS) is 13.9.